The molecule has 6 heteroatoms. The average molecular weight is 424 g/mol. The minimum absolute atomic E-state index is 0.0943. The molecule has 1 aromatic heterocycles. The third-order valence-electron chi connectivity index (χ3n) is 7.63. The topological polar surface area (TPSA) is 68.5 Å². The van der Waals surface area contributed by atoms with Crippen LogP contribution in [0.2, 0.25) is 0 Å². The Balaban J connectivity index is 1.14. The van der Waals surface area contributed by atoms with Crippen LogP contribution in [0.1, 0.15) is 73.7 Å². The molecule has 2 aliphatic heterocycles. The van der Waals surface area contributed by atoms with Gasteiger partial charge in [0.2, 0.25) is 11.8 Å². The number of carbonyl (C=O) groups excluding carboxylic acids is 1. The highest BCUT2D eigenvalue weighted by molar-refractivity contribution is 5.79. The maximum Gasteiger partial charge on any atom is 0.229 e. The molecule has 1 amide bonds. The SMILES string of the molecule is Cc1ccccc1CC(=O)N1CCC2(CC1)CC(Cc1noc(C3CCC3)n1)CCO2. The maximum absolute atomic E-state index is 12.8. The average Bonchev–Trinajstić information content (AvgIpc) is 3.16. The van der Waals surface area contributed by atoms with E-state index in [9.17, 15) is 4.79 Å². The Hall–Kier alpha value is -2.21. The quantitative estimate of drug-likeness (QED) is 0.720. The lowest BCUT2D eigenvalue weighted by molar-refractivity contribution is -0.146. The van der Waals surface area contributed by atoms with Crippen molar-refractivity contribution < 1.29 is 14.1 Å². The summed E-state index contributed by atoms with van der Waals surface area (Å²) in [6.07, 6.45) is 8.91. The Morgan fingerprint density at radius 1 is 1.19 bits per heavy atom. The van der Waals surface area contributed by atoms with Crippen LogP contribution < -0.4 is 0 Å². The predicted octanol–water partition coefficient (Wildman–Crippen LogP) is 4.22. The van der Waals surface area contributed by atoms with E-state index >= 15 is 0 Å². The molecule has 6 nitrogen and oxygen atoms in total. The Labute approximate surface area is 184 Å². The molecule has 3 fully saturated rings. The van der Waals surface area contributed by atoms with Crippen molar-refractivity contribution in [3.05, 3.63) is 47.1 Å². The summed E-state index contributed by atoms with van der Waals surface area (Å²) in [5.74, 6) is 2.93. The Morgan fingerprint density at radius 3 is 2.74 bits per heavy atom. The zero-order valence-corrected chi connectivity index (χ0v) is 18.5. The molecule has 0 bridgehead atoms. The van der Waals surface area contributed by atoms with Gasteiger partial charge in [-0.15, -0.1) is 0 Å². The van der Waals surface area contributed by atoms with Crippen molar-refractivity contribution >= 4 is 5.91 Å². The monoisotopic (exact) mass is 423 g/mol. The van der Waals surface area contributed by atoms with Gasteiger partial charge in [0.15, 0.2) is 5.82 Å². The van der Waals surface area contributed by atoms with Crippen LogP contribution in [0.5, 0.6) is 0 Å². The van der Waals surface area contributed by atoms with Gasteiger partial charge in [-0.05, 0) is 62.5 Å². The first-order chi connectivity index (χ1) is 15.1. The van der Waals surface area contributed by atoms with Crippen LogP contribution in [0.25, 0.3) is 0 Å². The molecule has 2 aromatic rings. The summed E-state index contributed by atoms with van der Waals surface area (Å²) in [7, 11) is 0. The molecule has 166 valence electrons. The van der Waals surface area contributed by atoms with E-state index in [-0.39, 0.29) is 11.5 Å². The van der Waals surface area contributed by atoms with E-state index in [1.165, 1.54) is 24.8 Å². The molecule has 1 saturated carbocycles. The molecular formula is C25H33N3O3. The number of hydrogen-bond acceptors (Lipinski definition) is 5. The summed E-state index contributed by atoms with van der Waals surface area (Å²) in [5, 5.41) is 4.25. The molecule has 31 heavy (non-hydrogen) atoms. The number of benzene rings is 1. The number of amides is 1. The van der Waals surface area contributed by atoms with Gasteiger partial charge in [0.05, 0.1) is 12.0 Å². The summed E-state index contributed by atoms with van der Waals surface area (Å²) < 4.78 is 11.8. The van der Waals surface area contributed by atoms with Crippen LogP contribution in [0.4, 0.5) is 0 Å². The van der Waals surface area contributed by atoms with E-state index in [0.29, 0.717) is 18.3 Å². The number of rotatable bonds is 5. The van der Waals surface area contributed by atoms with E-state index in [2.05, 4.69) is 29.2 Å². The molecular weight excluding hydrogens is 390 g/mol. The van der Waals surface area contributed by atoms with Crippen molar-refractivity contribution in [2.45, 2.75) is 76.2 Å². The van der Waals surface area contributed by atoms with E-state index in [0.717, 1.165) is 69.1 Å². The van der Waals surface area contributed by atoms with E-state index in [1.807, 2.05) is 17.0 Å². The van der Waals surface area contributed by atoms with Gasteiger partial charge in [0, 0.05) is 32.0 Å². The molecule has 5 rings (SSSR count). The Kier molecular flexibility index (Phi) is 5.83. The first kappa shape index (κ1) is 20.7. The summed E-state index contributed by atoms with van der Waals surface area (Å²) in [5.41, 5.74) is 2.22. The molecule has 1 spiro atoms. The van der Waals surface area contributed by atoms with Crippen molar-refractivity contribution in [1.82, 2.24) is 15.0 Å². The summed E-state index contributed by atoms with van der Waals surface area (Å²) >= 11 is 0. The first-order valence-corrected chi connectivity index (χ1v) is 11.9. The van der Waals surface area contributed by atoms with Gasteiger partial charge >= 0.3 is 0 Å². The van der Waals surface area contributed by atoms with Gasteiger partial charge in [-0.3, -0.25) is 4.79 Å². The van der Waals surface area contributed by atoms with Gasteiger partial charge in [-0.2, -0.15) is 4.98 Å². The third kappa shape index (κ3) is 4.54. The minimum atomic E-state index is -0.0943. The van der Waals surface area contributed by atoms with Crippen LogP contribution in [-0.2, 0) is 22.4 Å². The highest BCUT2D eigenvalue weighted by Crippen LogP contribution is 2.39. The second-order valence-corrected chi connectivity index (χ2v) is 9.76. The fourth-order valence-electron chi connectivity index (χ4n) is 5.33. The van der Waals surface area contributed by atoms with Crippen LogP contribution in [0.3, 0.4) is 0 Å². The summed E-state index contributed by atoms with van der Waals surface area (Å²) in [4.78, 5) is 19.5. The number of carbonyl (C=O) groups is 1. The number of hydrogen-bond donors (Lipinski definition) is 0. The fraction of sp³-hybridized carbons (Fsp3) is 0.640. The number of likely N-dealkylation sites (tertiary alicyclic amines) is 1. The molecule has 1 unspecified atom stereocenters. The number of aryl methyl sites for hydroxylation is 1. The van der Waals surface area contributed by atoms with Gasteiger partial charge < -0.3 is 14.2 Å². The lowest BCUT2D eigenvalue weighted by Gasteiger charge is -2.46. The molecule has 1 aromatic carbocycles. The molecule has 0 N–H and O–H groups in total. The smallest absolute Gasteiger partial charge is 0.229 e. The maximum atomic E-state index is 12.8. The van der Waals surface area contributed by atoms with Crippen molar-refractivity contribution in [2.75, 3.05) is 19.7 Å². The lowest BCUT2D eigenvalue weighted by Crippen LogP contribution is -2.51. The normalized spacial score (nSPS) is 23.6. The van der Waals surface area contributed by atoms with Crippen LogP contribution >= 0.6 is 0 Å². The van der Waals surface area contributed by atoms with Crippen molar-refractivity contribution in [3.8, 4) is 0 Å². The van der Waals surface area contributed by atoms with Crippen molar-refractivity contribution in [1.29, 1.82) is 0 Å². The zero-order chi connectivity index (χ0) is 21.3. The largest absolute Gasteiger partial charge is 0.375 e. The van der Waals surface area contributed by atoms with E-state index in [4.69, 9.17) is 9.26 Å². The number of aromatic nitrogens is 2. The van der Waals surface area contributed by atoms with Gasteiger partial charge in [-0.1, -0.05) is 35.8 Å². The molecule has 1 atom stereocenters. The van der Waals surface area contributed by atoms with E-state index in [1.54, 1.807) is 0 Å². The van der Waals surface area contributed by atoms with Crippen molar-refractivity contribution in [2.24, 2.45) is 5.92 Å². The summed E-state index contributed by atoms with van der Waals surface area (Å²) in [6.45, 7) is 4.43. The number of nitrogens with zero attached hydrogens (tertiary/aromatic N) is 3. The molecule has 3 heterocycles. The highest BCUT2D eigenvalue weighted by atomic mass is 16.5. The molecule has 0 radical (unpaired) electrons. The molecule has 2 saturated heterocycles. The standard InChI is InChI=1S/C25H33N3O3/c1-18-5-2-3-6-21(18)16-23(29)28-12-10-25(11-13-28)17-19(9-14-30-25)15-22-26-24(31-27-22)20-7-4-8-20/h2-3,5-6,19-20H,4,7-17H2,1H3. The first-order valence-electron chi connectivity index (χ1n) is 11.9. The van der Waals surface area contributed by atoms with Gasteiger partial charge in [-0.25, -0.2) is 0 Å². The van der Waals surface area contributed by atoms with Gasteiger partial charge in [0.25, 0.3) is 0 Å². The van der Waals surface area contributed by atoms with Crippen LogP contribution in [0.15, 0.2) is 28.8 Å². The Bertz CT molecular complexity index is 912. The number of ether oxygens (including phenoxy) is 1. The lowest BCUT2D eigenvalue weighted by atomic mass is 9.78. The predicted molar refractivity (Wildman–Crippen MR) is 117 cm³/mol. The second kappa shape index (κ2) is 8.73. The minimum Gasteiger partial charge on any atom is -0.375 e. The highest BCUT2D eigenvalue weighted by Gasteiger charge is 2.41. The molecule has 1 aliphatic carbocycles. The number of piperidine rings is 1. The van der Waals surface area contributed by atoms with E-state index < -0.39 is 0 Å². The third-order valence-corrected chi connectivity index (χ3v) is 7.63. The zero-order valence-electron chi connectivity index (χ0n) is 18.5. The summed E-state index contributed by atoms with van der Waals surface area (Å²) in [6, 6.07) is 8.16. The van der Waals surface area contributed by atoms with Crippen LogP contribution in [0, 0.1) is 12.8 Å². The van der Waals surface area contributed by atoms with Gasteiger partial charge in [0.1, 0.15) is 0 Å². The molecule has 3 aliphatic rings. The second-order valence-electron chi connectivity index (χ2n) is 9.76. The fourth-order valence-corrected chi connectivity index (χ4v) is 5.33. The Morgan fingerprint density at radius 2 is 2.00 bits per heavy atom. The van der Waals surface area contributed by atoms with Crippen molar-refractivity contribution in [3.63, 3.8) is 0 Å². The van der Waals surface area contributed by atoms with Crippen LogP contribution in [-0.4, -0.2) is 46.2 Å².